The van der Waals surface area contributed by atoms with Crippen LogP contribution in [0.2, 0.25) is 0 Å². The third kappa shape index (κ3) is 4.87. The number of rotatable bonds is 9. The Labute approximate surface area is 137 Å². The fourth-order valence-electron chi connectivity index (χ4n) is 1.93. The average Bonchev–Trinajstić information content (AvgIpc) is 3.02. The first kappa shape index (κ1) is 19.3. The van der Waals surface area contributed by atoms with Crippen molar-refractivity contribution in [3.63, 3.8) is 0 Å². The minimum Gasteiger partial charge on any atom is -0.319 e. The van der Waals surface area contributed by atoms with Gasteiger partial charge >= 0.3 is 6.03 Å². The Balaban J connectivity index is 2.95. The highest BCUT2D eigenvalue weighted by atomic mass is 32.2. The predicted molar refractivity (Wildman–Crippen MR) is 87.6 cm³/mol. The van der Waals surface area contributed by atoms with Gasteiger partial charge in [0, 0.05) is 26.7 Å². The van der Waals surface area contributed by atoms with E-state index in [9.17, 15) is 13.2 Å². The Bertz CT molecular complexity index is 626. The van der Waals surface area contributed by atoms with Crippen LogP contribution < -0.4 is 0 Å². The summed E-state index contributed by atoms with van der Waals surface area (Å²) in [5.41, 5.74) is 0. The van der Waals surface area contributed by atoms with Crippen molar-refractivity contribution in [2.75, 3.05) is 26.7 Å². The monoisotopic (exact) mass is 343 g/mol. The van der Waals surface area contributed by atoms with Crippen molar-refractivity contribution in [2.24, 2.45) is 0 Å². The molecule has 0 aliphatic carbocycles. The molecule has 23 heavy (non-hydrogen) atoms. The van der Waals surface area contributed by atoms with Gasteiger partial charge in [-0.15, -0.1) is 11.7 Å². The molecule has 0 saturated heterocycles. The molecule has 8 nitrogen and oxygen atoms in total. The fraction of sp³-hybridized carbons (Fsp3) is 0.643. The van der Waals surface area contributed by atoms with Gasteiger partial charge in [-0.3, -0.25) is 0 Å². The van der Waals surface area contributed by atoms with Crippen molar-refractivity contribution >= 4 is 16.1 Å². The number of nitrogens with zero attached hydrogens (tertiary/aromatic N) is 5. The number of sulfonamides is 1. The van der Waals surface area contributed by atoms with Gasteiger partial charge in [-0.2, -0.15) is 8.99 Å². The third-order valence-corrected chi connectivity index (χ3v) is 4.90. The summed E-state index contributed by atoms with van der Waals surface area (Å²) < 4.78 is 26.8. The Morgan fingerprint density at radius 1 is 1.35 bits per heavy atom. The van der Waals surface area contributed by atoms with E-state index < -0.39 is 16.1 Å². The van der Waals surface area contributed by atoms with E-state index in [0.717, 1.165) is 30.3 Å². The lowest BCUT2D eigenvalue weighted by molar-refractivity contribution is 0.201. The van der Waals surface area contributed by atoms with Crippen molar-refractivity contribution < 1.29 is 13.2 Å². The lowest BCUT2D eigenvalue weighted by Crippen LogP contribution is -2.36. The van der Waals surface area contributed by atoms with Crippen LogP contribution in [-0.4, -0.2) is 65.1 Å². The maximum Gasteiger partial charge on any atom is 0.346 e. The summed E-state index contributed by atoms with van der Waals surface area (Å²) in [5, 5.41) is 3.49. The number of aromatic nitrogens is 3. The lowest BCUT2D eigenvalue weighted by atomic mass is 10.3. The highest BCUT2D eigenvalue weighted by Crippen LogP contribution is 2.10. The SMILES string of the molecule is C=CCN(CCC)C(=O)n1cnc(S(=O)(=O)N(C)CCCC)n1. The molecule has 0 bridgehead atoms. The van der Waals surface area contributed by atoms with Crippen molar-refractivity contribution in [1.82, 2.24) is 24.0 Å². The molecule has 0 atom stereocenters. The molecule has 0 aliphatic rings. The summed E-state index contributed by atoms with van der Waals surface area (Å²) in [6, 6.07) is -0.420. The van der Waals surface area contributed by atoms with E-state index in [2.05, 4.69) is 16.7 Å². The van der Waals surface area contributed by atoms with Gasteiger partial charge < -0.3 is 4.90 Å². The van der Waals surface area contributed by atoms with Crippen LogP contribution in [0.5, 0.6) is 0 Å². The molecule has 1 rings (SSSR count). The molecule has 0 radical (unpaired) electrons. The Morgan fingerprint density at radius 2 is 2.04 bits per heavy atom. The van der Waals surface area contributed by atoms with Crippen molar-refractivity contribution in [1.29, 1.82) is 0 Å². The first-order valence-electron chi connectivity index (χ1n) is 7.66. The minimum atomic E-state index is -3.77. The maximum atomic E-state index is 12.3. The van der Waals surface area contributed by atoms with Crippen LogP contribution in [0, 0.1) is 0 Å². The number of hydrogen-bond acceptors (Lipinski definition) is 5. The van der Waals surface area contributed by atoms with Crippen LogP contribution in [0.25, 0.3) is 0 Å². The van der Waals surface area contributed by atoms with Gasteiger partial charge in [0.1, 0.15) is 6.33 Å². The molecule has 0 aromatic carbocycles. The van der Waals surface area contributed by atoms with Gasteiger partial charge in [0.25, 0.3) is 15.2 Å². The molecule has 0 saturated carbocycles. The topological polar surface area (TPSA) is 88.4 Å². The van der Waals surface area contributed by atoms with Crippen molar-refractivity contribution in [3.8, 4) is 0 Å². The molecule has 0 fully saturated rings. The summed E-state index contributed by atoms with van der Waals surface area (Å²) in [7, 11) is -2.29. The summed E-state index contributed by atoms with van der Waals surface area (Å²) in [6.45, 7) is 8.83. The van der Waals surface area contributed by atoms with Crippen LogP contribution >= 0.6 is 0 Å². The summed E-state index contributed by atoms with van der Waals surface area (Å²) in [4.78, 5) is 17.7. The van der Waals surface area contributed by atoms with Crippen molar-refractivity contribution in [3.05, 3.63) is 19.0 Å². The maximum absolute atomic E-state index is 12.3. The van der Waals surface area contributed by atoms with Crippen LogP contribution in [0.4, 0.5) is 4.79 Å². The molecule has 1 aromatic heterocycles. The molecular formula is C14H25N5O3S. The van der Waals surface area contributed by atoms with Gasteiger partial charge in [-0.1, -0.05) is 26.3 Å². The second-order valence-electron chi connectivity index (χ2n) is 5.17. The number of carbonyl (C=O) groups excluding carboxylic acids is 1. The summed E-state index contributed by atoms with van der Waals surface area (Å²) in [5.74, 6) is 0. The first-order chi connectivity index (χ1) is 10.9. The Morgan fingerprint density at radius 3 is 2.61 bits per heavy atom. The zero-order valence-corrected chi connectivity index (χ0v) is 14.8. The highest BCUT2D eigenvalue weighted by Gasteiger charge is 2.26. The number of hydrogen-bond donors (Lipinski definition) is 0. The second-order valence-corrected chi connectivity index (χ2v) is 7.11. The molecule has 9 heteroatoms. The predicted octanol–water partition coefficient (Wildman–Crippen LogP) is 1.56. The van der Waals surface area contributed by atoms with Crippen LogP contribution in [-0.2, 0) is 10.0 Å². The van der Waals surface area contributed by atoms with E-state index in [4.69, 9.17) is 0 Å². The quantitative estimate of drug-likeness (QED) is 0.635. The highest BCUT2D eigenvalue weighted by molar-refractivity contribution is 7.88. The van der Waals surface area contributed by atoms with Crippen LogP contribution in [0.1, 0.15) is 33.1 Å². The molecular weight excluding hydrogens is 318 g/mol. The van der Waals surface area contributed by atoms with Gasteiger partial charge in [0.05, 0.1) is 0 Å². The minimum absolute atomic E-state index is 0.362. The Kier molecular flexibility index (Phi) is 7.37. The molecule has 1 amide bonds. The van der Waals surface area contributed by atoms with Gasteiger partial charge in [0.2, 0.25) is 0 Å². The van der Waals surface area contributed by atoms with E-state index in [0.29, 0.717) is 19.6 Å². The summed E-state index contributed by atoms with van der Waals surface area (Å²) in [6.07, 6.45) is 5.15. The zero-order valence-electron chi connectivity index (χ0n) is 14.0. The van der Waals surface area contributed by atoms with Crippen LogP contribution in [0.3, 0.4) is 0 Å². The zero-order chi connectivity index (χ0) is 17.5. The van der Waals surface area contributed by atoms with Gasteiger partial charge in [-0.25, -0.2) is 18.2 Å². The van der Waals surface area contributed by atoms with Gasteiger partial charge in [0.15, 0.2) is 0 Å². The van der Waals surface area contributed by atoms with E-state index >= 15 is 0 Å². The average molecular weight is 343 g/mol. The van der Waals surface area contributed by atoms with Crippen LogP contribution in [0.15, 0.2) is 24.1 Å². The Hall–Kier alpha value is -1.74. The normalized spacial score (nSPS) is 11.7. The molecule has 1 heterocycles. The summed E-state index contributed by atoms with van der Waals surface area (Å²) >= 11 is 0. The molecule has 0 N–H and O–H groups in total. The molecule has 1 aromatic rings. The van der Waals surface area contributed by atoms with Gasteiger partial charge in [-0.05, 0) is 12.8 Å². The van der Waals surface area contributed by atoms with E-state index in [1.165, 1.54) is 16.3 Å². The molecule has 0 spiro atoms. The van der Waals surface area contributed by atoms with E-state index in [-0.39, 0.29) is 5.16 Å². The number of carbonyl (C=O) groups is 1. The first-order valence-corrected chi connectivity index (χ1v) is 9.10. The third-order valence-electron chi connectivity index (χ3n) is 3.25. The molecule has 0 unspecified atom stereocenters. The number of unbranched alkanes of at least 4 members (excludes halogenated alkanes) is 1. The fourth-order valence-corrected chi connectivity index (χ4v) is 2.95. The smallest absolute Gasteiger partial charge is 0.319 e. The number of amides is 1. The molecule has 0 aliphatic heterocycles. The van der Waals surface area contributed by atoms with E-state index in [1.54, 1.807) is 6.08 Å². The standard InChI is InChI=1S/C14H25N5O3S/c1-5-8-11-17(4)23(21,22)13-15-12-19(16-13)14(20)18(9-6-2)10-7-3/h6,12H,2,5,7-11H2,1,3-4H3. The lowest BCUT2D eigenvalue weighted by Gasteiger charge is -2.19. The second kappa shape index (κ2) is 8.78. The molecule has 130 valence electrons. The largest absolute Gasteiger partial charge is 0.346 e. The van der Waals surface area contributed by atoms with Crippen molar-refractivity contribution in [2.45, 2.75) is 38.3 Å². The van der Waals surface area contributed by atoms with E-state index in [1.807, 2.05) is 13.8 Å².